The molecular formula is C28H22ClN7O10S2. The summed E-state index contributed by atoms with van der Waals surface area (Å²) in [5.41, 5.74) is -0.192. The first-order valence-electron chi connectivity index (χ1n) is 13.2. The van der Waals surface area contributed by atoms with Crippen molar-refractivity contribution in [3.63, 3.8) is 0 Å². The van der Waals surface area contributed by atoms with Crippen molar-refractivity contribution in [2.75, 3.05) is 24.4 Å². The van der Waals surface area contributed by atoms with Crippen molar-refractivity contribution < 1.29 is 45.7 Å². The molecule has 5 aromatic rings. The van der Waals surface area contributed by atoms with Gasteiger partial charge >= 0.3 is 5.97 Å². The Balaban J connectivity index is 1.52. The molecule has 0 fully saturated rings. The fourth-order valence-corrected chi connectivity index (χ4v) is 5.82. The van der Waals surface area contributed by atoms with Crippen molar-refractivity contribution in [3.8, 4) is 11.5 Å². The van der Waals surface area contributed by atoms with Crippen LogP contribution in [0.15, 0.2) is 86.7 Å². The highest BCUT2D eigenvalue weighted by Gasteiger charge is 2.23. The van der Waals surface area contributed by atoms with E-state index in [-0.39, 0.29) is 50.6 Å². The first-order valence-corrected chi connectivity index (χ1v) is 16.4. The van der Waals surface area contributed by atoms with Gasteiger partial charge in [-0.15, -0.1) is 5.11 Å². The third kappa shape index (κ3) is 7.24. The highest BCUT2D eigenvalue weighted by Crippen LogP contribution is 2.42. The van der Waals surface area contributed by atoms with E-state index in [9.17, 15) is 35.8 Å². The lowest BCUT2D eigenvalue weighted by molar-refractivity contribution is 0.0696. The Morgan fingerprint density at radius 3 is 2.21 bits per heavy atom. The molecule has 0 unspecified atom stereocenters. The number of ether oxygens (including phenoxy) is 1. The number of benzene rings is 4. The molecule has 0 aliphatic rings. The number of phenols is 1. The van der Waals surface area contributed by atoms with Gasteiger partial charge in [0.1, 0.15) is 21.2 Å². The van der Waals surface area contributed by atoms with Crippen molar-refractivity contribution in [3.05, 3.63) is 77.6 Å². The summed E-state index contributed by atoms with van der Waals surface area (Å²) in [6.07, 6.45) is 0. The molecule has 0 aliphatic carbocycles. The maximum absolute atomic E-state index is 12.3. The van der Waals surface area contributed by atoms with Gasteiger partial charge in [-0.25, -0.2) is 4.79 Å². The van der Waals surface area contributed by atoms with Crippen molar-refractivity contribution in [1.82, 2.24) is 15.0 Å². The number of carbonyl (C=O) groups is 1. The third-order valence-corrected chi connectivity index (χ3v) is 8.62. The third-order valence-electron chi connectivity index (χ3n) is 6.69. The lowest BCUT2D eigenvalue weighted by atomic mass is 10.1. The molecule has 1 aromatic heterocycles. The van der Waals surface area contributed by atoms with Crippen LogP contribution in [0.25, 0.3) is 10.8 Å². The van der Waals surface area contributed by atoms with Crippen molar-refractivity contribution in [1.29, 1.82) is 0 Å². The number of carboxylic acid groups (broad SMARTS) is 1. The number of methoxy groups -OCH3 is 1. The van der Waals surface area contributed by atoms with Crippen molar-refractivity contribution >= 4 is 83.2 Å². The summed E-state index contributed by atoms with van der Waals surface area (Å²) in [4.78, 5) is 23.5. The van der Waals surface area contributed by atoms with E-state index < -0.39 is 47.4 Å². The maximum atomic E-state index is 12.3. The normalized spacial score (nSPS) is 11.9. The Morgan fingerprint density at radius 2 is 1.58 bits per heavy atom. The van der Waals surface area contributed by atoms with Gasteiger partial charge in [-0.05, 0) is 77.7 Å². The summed E-state index contributed by atoms with van der Waals surface area (Å²) in [5.74, 6) is -1.89. The summed E-state index contributed by atoms with van der Waals surface area (Å²) in [6, 6.07) is 14.5. The number of phenolic OH excluding ortho intramolecular Hbond substituents is 1. The zero-order valence-corrected chi connectivity index (χ0v) is 26.9. The first kappa shape index (κ1) is 33.9. The van der Waals surface area contributed by atoms with E-state index >= 15 is 0 Å². The fourth-order valence-electron chi connectivity index (χ4n) is 4.35. The average Bonchev–Trinajstić information content (AvgIpc) is 3.02. The standard InChI is InChI=1S/C28H22ClN7O10S2/c1-36(28-32-26(29)31-27(33-28)30-20-10-8-18(46-2)13-21(20)47(40,41)42)17-7-9-19-15(11-17)12-22(48(43,44)45)23(24(19)37)35-34-16-5-3-14(4-6-16)25(38)39/h3-13,37H,1-2H3,(H,38,39)(H,40,41,42)(H,43,44,45)(H,30,31,32,33). The number of nitrogens with zero attached hydrogens (tertiary/aromatic N) is 6. The minimum Gasteiger partial charge on any atom is -0.505 e. The minimum absolute atomic E-state index is 0.0163. The molecule has 0 atom stereocenters. The van der Waals surface area contributed by atoms with Gasteiger partial charge in [0.05, 0.1) is 24.0 Å². The Morgan fingerprint density at radius 1 is 0.896 bits per heavy atom. The molecule has 48 heavy (non-hydrogen) atoms. The molecule has 4 aromatic carbocycles. The largest absolute Gasteiger partial charge is 0.505 e. The van der Waals surface area contributed by atoms with Crippen LogP contribution in [0.2, 0.25) is 5.28 Å². The van der Waals surface area contributed by atoms with Gasteiger partial charge in [-0.1, -0.05) is 0 Å². The maximum Gasteiger partial charge on any atom is 0.335 e. The molecule has 0 saturated heterocycles. The lowest BCUT2D eigenvalue weighted by Gasteiger charge is -2.19. The molecule has 248 valence electrons. The summed E-state index contributed by atoms with van der Waals surface area (Å²) < 4.78 is 73.3. The van der Waals surface area contributed by atoms with Gasteiger partial charge in [0.25, 0.3) is 20.2 Å². The number of halogens is 1. The van der Waals surface area contributed by atoms with Gasteiger partial charge in [0.2, 0.25) is 17.2 Å². The smallest absolute Gasteiger partial charge is 0.335 e. The molecule has 1 heterocycles. The van der Waals surface area contributed by atoms with E-state index in [1.807, 2.05) is 0 Å². The molecule has 0 radical (unpaired) electrons. The highest BCUT2D eigenvalue weighted by atomic mass is 35.5. The van der Waals surface area contributed by atoms with Crippen LogP contribution in [0.3, 0.4) is 0 Å². The first-order chi connectivity index (χ1) is 22.5. The van der Waals surface area contributed by atoms with Gasteiger partial charge in [-0.2, -0.15) is 36.9 Å². The predicted molar refractivity (Wildman–Crippen MR) is 172 cm³/mol. The number of aromatic carboxylic acids is 1. The summed E-state index contributed by atoms with van der Waals surface area (Å²) in [5, 5.41) is 30.4. The second-order valence-electron chi connectivity index (χ2n) is 9.75. The predicted octanol–water partition coefficient (Wildman–Crippen LogP) is 5.51. The number of hydrogen-bond donors (Lipinski definition) is 5. The number of nitrogens with one attached hydrogen (secondary N) is 1. The SMILES string of the molecule is COc1ccc(Nc2nc(Cl)nc(N(C)c3ccc4c(O)c(N=Nc5ccc(C(=O)O)cc5)c(S(=O)(=O)O)cc4c3)n2)c(S(=O)(=O)O)c1. The van der Waals surface area contributed by atoms with Gasteiger partial charge < -0.3 is 25.2 Å². The number of anilines is 4. The number of azo groups is 1. The van der Waals surface area contributed by atoms with E-state index in [1.165, 1.54) is 73.7 Å². The molecule has 20 heteroatoms. The van der Waals surface area contributed by atoms with Crippen LogP contribution in [0, 0.1) is 0 Å². The number of rotatable bonds is 10. The summed E-state index contributed by atoms with van der Waals surface area (Å²) in [6.45, 7) is 0. The van der Waals surface area contributed by atoms with E-state index in [2.05, 4.69) is 30.5 Å². The molecule has 0 spiro atoms. The molecule has 17 nitrogen and oxygen atoms in total. The molecule has 0 bridgehead atoms. The van der Waals surface area contributed by atoms with Crippen LogP contribution in [-0.4, -0.2) is 71.2 Å². The van der Waals surface area contributed by atoms with Crippen LogP contribution in [0.4, 0.5) is 34.6 Å². The molecular weight excluding hydrogens is 694 g/mol. The van der Waals surface area contributed by atoms with Crippen LogP contribution in [-0.2, 0) is 20.2 Å². The Kier molecular flexibility index (Phi) is 9.15. The van der Waals surface area contributed by atoms with Crippen LogP contribution in [0.5, 0.6) is 11.5 Å². The number of aromatic hydroxyl groups is 1. The number of fused-ring (bicyclic) bond motifs is 1. The second kappa shape index (κ2) is 13.0. The van der Waals surface area contributed by atoms with E-state index in [1.54, 1.807) is 0 Å². The quantitative estimate of drug-likeness (QED) is 0.0882. The van der Waals surface area contributed by atoms with Crippen LogP contribution >= 0.6 is 11.6 Å². The van der Waals surface area contributed by atoms with Crippen LogP contribution in [0.1, 0.15) is 10.4 Å². The van der Waals surface area contributed by atoms with Gasteiger partial charge in [0.15, 0.2) is 5.75 Å². The van der Waals surface area contributed by atoms with Crippen LogP contribution < -0.4 is 15.0 Å². The average molecular weight is 716 g/mol. The number of hydrogen-bond acceptors (Lipinski definition) is 14. The summed E-state index contributed by atoms with van der Waals surface area (Å²) in [7, 11) is -6.81. The summed E-state index contributed by atoms with van der Waals surface area (Å²) >= 11 is 6.14. The van der Waals surface area contributed by atoms with E-state index in [0.717, 1.165) is 12.1 Å². The van der Waals surface area contributed by atoms with Gasteiger partial charge in [0, 0.05) is 24.2 Å². The zero-order chi connectivity index (χ0) is 35.0. The fraction of sp³-hybridized carbons (Fsp3) is 0.0714. The zero-order valence-electron chi connectivity index (χ0n) is 24.5. The monoisotopic (exact) mass is 715 g/mol. The minimum atomic E-state index is -4.95. The topological polar surface area (TPSA) is 254 Å². The number of aromatic nitrogens is 3. The van der Waals surface area contributed by atoms with Gasteiger partial charge in [-0.3, -0.25) is 9.11 Å². The molecule has 0 saturated carbocycles. The molecule has 5 rings (SSSR count). The Bertz CT molecular complexity index is 2340. The Hall–Kier alpha value is -5.47. The highest BCUT2D eigenvalue weighted by molar-refractivity contribution is 7.86. The molecule has 0 aliphatic heterocycles. The van der Waals surface area contributed by atoms with Crippen molar-refractivity contribution in [2.45, 2.75) is 9.79 Å². The second-order valence-corrected chi connectivity index (χ2v) is 12.9. The van der Waals surface area contributed by atoms with Crippen molar-refractivity contribution in [2.24, 2.45) is 10.2 Å². The molecule has 0 amide bonds. The molecule has 5 N–H and O–H groups in total. The Labute approximate surface area is 276 Å². The number of carboxylic acids is 1. The lowest BCUT2D eigenvalue weighted by Crippen LogP contribution is -2.15. The van der Waals surface area contributed by atoms with E-state index in [4.69, 9.17) is 21.4 Å². The van der Waals surface area contributed by atoms with E-state index in [0.29, 0.717) is 5.69 Å².